The normalized spacial score (nSPS) is 14.4. The number of amides is 1. The number of halogens is 1. The first kappa shape index (κ1) is 20.0. The Bertz CT molecular complexity index is 1270. The number of nitrogens with zero attached hydrogens (tertiary/aromatic N) is 4. The zero-order valence-corrected chi connectivity index (χ0v) is 18.8. The third-order valence-corrected chi connectivity index (χ3v) is 7.06. The van der Waals surface area contributed by atoms with Gasteiger partial charge in [0, 0.05) is 31.7 Å². The quantitative estimate of drug-likeness (QED) is 0.428. The van der Waals surface area contributed by atoms with E-state index in [1.54, 1.807) is 24.3 Å². The van der Waals surface area contributed by atoms with Crippen LogP contribution in [-0.4, -0.2) is 47.1 Å². The van der Waals surface area contributed by atoms with E-state index in [9.17, 15) is 4.79 Å². The van der Waals surface area contributed by atoms with Crippen molar-refractivity contribution in [1.29, 1.82) is 0 Å². The highest BCUT2D eigenvalue weighted by molar-refractivity contribution is 7.22. The van der Waals surface area contributed by atoms with Crippen molar-refractivity contribution in [3.8, 4) is 11.3 Å². The van der Waals surface area contributed by atoms with E-state index in [2.05, 4.69) is 35.2 Å². The molecule has 0 radical (unpaired) electrons. The van der Waals surface area contributed by atoms with Crippen molar-refractivity contribution in [2.75, 3.05) is 31.1 Å². The molecule has 0 unspecified atom stereocenters. The maximum Gasteiger partial charge on any atom is 0.259 e. The molecule has 31 heavy (non-hydrogen) atoms. The van der Waals surface area contributed by atoms with E-state index in [1.807, 2.05) is 23.1 Å². The van der Waals surface area contributed by atoms with Crippen LogP contribution in [0, 0.1) is 13.8 Å². The molecule has 0 N–H and O–H groups in total. The predicted molar refractivity (Wildman–Crippen MR) is 124 cm³/mol. The lowest BCUT2D eigenvalue weighted by atomic mass is 10.0. The maximum absolute atomic E-state index is 13.4. The number of thiazole rings is 1. The second-order valence-electron chi connectivity index (χ2n) is 7.64. The summed E-state index contributed by atoms with van der Waals surface area (Å²) in [7, 11) is 0. The first-order valence-electron chi connectivity index (χ1n) is 10.1. The van der Waals surface area contributed by atoms with Gasteiger partial charge in [0.2, 0.25) is 0 Å². The van der Waals surface area contributed by atoms with Gasteiger partial charge in [-0.25, -0.2) is 4.98 Å². The molecule has 1 aliphatic rings. The van der Waals surface area contributed by atoms with Crippen molar-refractivity contribution in [1.82, 2.24) is 15.0 Å². The molecule has 1 fully saturated rings. The number of aryl methyl sites for hydroxylation is 2. The van der Waals surface area contributed by atoms with Crippen LogP contribution in [0.15, 0.2) is 47.0 Å². The van der Waals surface area contributed by atoms with E-state index in [4.69, 9.17) is 21.1 Å². The lowest BCUT2D eigenvalue weighted by Gasteiger charge is -2.34. The van der Waals surface area contributed by atoms with Crippen molar-refractivity contribution in [3.05, 3.63) is 64.4 Å². The summed E-state index contributed by atoms with van der Waals surface area (Å²) >= 11 is 8.04. The summed E-state index contributed by atoms with van der Waals surface area (Å²) in [5.41, 5.74) is 3.93. The standard InChI is InChI=1S/C23H21ClN4O2S/c1-14-6-5-9-18-20(14)25-23(31-18)28-12-10-27(11-13-28)22(29)19-15(2)30-26-21(19)16-7-3-4-8-17(16)24/h3-9H,10-13H2,1-2H3. The number of piperazine rings is 1. The third-order valence-electron chi connectivity index (χ3n) is 5.65. The van der Waals surface area contributed by atoms with Crippen LogP contribution < -0.4 is 4.90 Å². The van der Waals surface area contributed by atoms with Gasteiger partial charge in [0.05, 0.1) is 15.2 Å². The van der Waals surface area contributed by atoms with Gasteiger partial charge in [0.1, 0.15) is 17.0 Å². The number of carbonyl (C=O) groups excluding carboxylic acids is 1. The zero-order chi connectivity index (χ0) is 21.5. The van der Waals surface area contributed by atoms with Crippen molar-refractivity contribution in [3.63, 3.8) is 0 Å². The monoisotopic (exact) mass is 452 g/mol. The lowest BCUT2D eigenvalue weighted by molar-refractivity contribution is 0.0745. The van der Waals surface area contributed by atoms with Gasteiger partial charge >= 0.3 is 0 Å². The van der Waals surface area contributed by atoms with Crippen LogP contribution in [0.2, 0.25) is 5.02 Å². The predicted octanol–water partition coefficient (Wildman–Crippen LogP) is 5.18. The Hall–Kier alpha value is -2.90. The number of aromatic nitrogens is 2. The van der Waals surface area contributed by atoms with Crippen LogP contribution >= 0.6 is 22.9 Å². The Balaban J connectivity index is 1.35. The fourth-order valence-corrected chi connectivity index (χ4v) is 5.25. The molecular formula is C23H21ClN4O2S. The van der Waals surface area contributed by atoms with Crippen LogP contribution in [-0.2, 0) is 0 Å². The lowest BCUT2D eigenvalue weighted by Crippen LogP contribution is -2.49. The number of hydrogen-bond donors (Lipinski definition) is 0. The highest BCUT2D eigenvalue weighted by Gasteiger charge is 2.30. The smallest absolute Gasteiger partial charge is 0.259 e. The van der Waals surface area contributed by atoms with Gasteiger partial charge in [-0.2, -0.15) is 0 Å². The van der Waals surface area contributed by atoms with Gasteiger partial charge in [0.25, 0.3) is 5.91 Å². The number of para-hydroxylation sites is 1. The van der Waals surface area contributed by atoms with Crippen LogP contribution in [0.4, 0.5) is 5.13 Å². The number of anilines is 1. The Morgan fingerprint density at radius 3 is 2.58 bits per heavy atom. The average Bonchev–Trinajstić information content (AvgIpc) is 3.38. The Labute approximate surface area is 189 Å². The second-order valence-corrected chi connectivity index (χ2v) is 9.06. The fraction of sp³-hybridized carbons (Fsp3) is 0.261. The van der Waals surface area contributed by atoms with Gasteiger partial charge in [-0.05, 0) is 31.5 Å². The van der Waals surface area contributed by atoms with Crippen molar-refractivity contribution in [2.45, 2.75) is 13.8 Å². The van der Waals surface area contributed by atoms with Crippen LogP contribution in [0.3, 0.4) is 0 Å². The molecule has 2 aromatic heterocycles. The molecule has 3 heterocycles. The Kier molecular flexibility index (Phi) is 5.16. The number of fused-ring (bicyclic) bond motifs is 1. The Morgan fingerprint density at radius 2 is 1.84 bits per heavy atom. The molecule has 0 spiro atoms. The van der Waals surface area contributed by atoms with E-state index < -0.39 is 0 Å². The van der Waals surface area contributed by atoms with Gasteiger partial charge in [-0.3, -0.25) is 4.79 Å². The van der Waals surface area contributed by atoms with E-state index in [1.165, 1.54) is 10.3 Å². The summed E-state index contributed by atoms with van der Waals surface area (Å²) in [6.07, 6.45) is 0. The summed E-state index contributed by atoms with van der Waals surface area (Å²) in [5.74, 6) is 0.428. The second kappa shape index (κ2) is 7.98. The van der Waals surface area contributed by atoms with E-state index in [0.717, 1.165) is 23.7 Å². The topological polar surface area (TPSA) is 62.5 Å². The highest BCUT2D eigenvalue weighted by atomic mass is 35.5. The van der Waals surface area contributed by atoms with Crippen LogP contribution in [0.1, 0.15) is 21.7 Å². The minimum atomic E-state index is -0.0755. The highest BCUT2D eigenvalue weighted by Crippen LogP contribution is 2.33. The first-order chi connectivity index (χ1) is 15.0. The third kappa shape index (κ3) is 3.58. The minimum absolute atomic E-state index is 0.0755. The summed E-state index contributed by atoms with van der Waals surface area (Å²) in [5, 5.41) is 5.68. The summed E-state index contributed by atoms with van der Waals surface area (Å²) < 4.78 is 6.57. The van der Waals surface area contributed by atoms with Gasteiger partial charge < -0.3 is 14.3 Å². The minimum Gasteiger partial charge on any atom is -0.360 e. The zero-order valence-electron chi connectivity index (χ0n) is 17.3. The van der Waals surface area contributed by atoms with Crippen molar-refractivity contribution in [2.24, 2.45) is 0 Å². The summed E-state index contributed by atoms with van der Waals surface area (Å²) in [4.78, 5) is 22.3. The van der Waals surface area contributed by atoms with E-state index in [0.29, 0.717) is 40.7 Å². The Morgan fingerprint density at radius 1 is 1.06 bits per heavy atom. The van der Waals surface area contributed by atoms with Crippen molar-refractivity contribution < 1.29 is 9.32 Å². The molecule has 5 rings (SSSR count). The fourth-order valence-electron chi connectivity index (χ4n) is 3.93. The average molecular weight is 453 g/mol. The molecule has 1 saturated heterocycles. The molecule has 8 heteroatoms. The first-order valence-corrected chi connectivity index (χ1v) is 11.3. The van der Waals surface area contributed by atoms with E-state index in [-0.39, 0.29) is 5.91 Å². The molecule has 6 nitrogen and oxygen atoms in total. The molecule has 4 aromatic rings. The van der Waals surface area contributed by atoms with Gasteiger partial charge in [0.15, 0.2) is 5.13 Å². The van der Waals surface area contributed by atoms with Crippen LogP contribution in [0.5, 0.6) is 0 Å². The largest absolute Gasteiger partial charge is 0.360 e. The van der Waals surface area contributed by atoms with Crippen molar-refractivity contribution >= 4 is 44.2 Å². The SMILES string of the molecule is Cc1onc(-c2ccccc2Cl)c1C(=O)N1CCN(c2nc3c(C)cccc3s2)CC1. The van der Waals surface area contributed by atoms with Crippen LogP contribution in [0.25, 0.3) is 21.5 Å². The summed E-state index contributed by atoms with van der Waals surface area (Å²) in [6, 6.07) is 13.6. The molecule has 0 aliphatic carbocycles. The molecular weight excluding hydrogens is 432 g/mol. The number of rotatable bonds is 3. The molecule has 0 bridgehead atoms. The molecule has 0 saturated carbocycles. The molecule has 1 amide bonds. The molecule has 0 atom stereocenters. The maximum atomic E-state index is 13.4. The number of benzene rings is 2. The summed E-state index contributed by atoms with van der Waals surface area (Å²) in [6.45, 7) is 6.54. The number of hydrogen-bond acceptors (Lipinski definition) is 6. The molecule has 2 aromatic carbocycles. The van der Waals surface area contributed by atoms with Gasteiger partial charge in [-0.1, -0.05) is 58.4 Å². The molecule has 1 aliphatic heterocycles. The van der Waals surface area contributed by atoms with E-state index >= 15 is 0 Å². The van der Waals surface area contributed by atoms with Gasteiger partial charge in [-0.15, -0.1) is 0 Å². The molecule has 158 valence electrons. The number of carbonyl (C=O) groups is 1.